The number of anilines is 1. The molecule has 6 nitrogen and oxygen atoms in total. The summed E-state index contributed by atoms with van der Waals surface area (Å²) in [5, 5.41) is 6.71. The first-order valence-electron chi connectivity index (χ1n) is 5.65. The third kappa shape index (κ3) is 2.95. The largest absolute Gasteiger partial charge is 0.367 e. The molecule has 0 spiro atoms. The van der Waals surface area contributed by atoms with E-state index >= 15 is 0 Å². The number of hydrogen-bond acceptors (Lipinski definition) is 4. The monoisotopic (exact) mass is 223 g/mol. The van der Waals surface area contributed by atoms with E-state index in [0.29, 0.717) is 0 Å². The molecule has 16 heavy (non-hydrogen) atoms. The quantitative estimate of drug-likeness (QED) is 0.745. The van der Waals surface area contributed by atoms with Crippen molar-refractivity contribution in [1.29, 1.82) is 0 Å². The van der Waals surface area contributed by atoms with Gasteiger partial charge in [-0.1, -0.05) is 19.3 Å². The Bertz CT molecular complexity index is 358. The van der Waals surface area contributed by atoms with Crippen LogP contribution < -0.4 is 11.1 Å². The number of nitrogen functional groups attached to an aromatic ring is 1. The van der Waals surface area contributed by atoms with Crippen molar-refractivity contribution in [3.63, 3.8) is 0 Å². The first kappa shape index (κ1) is 10.9. The molecule has 0 unspecified atom stereocenters. The number of nitrogens with one attached hydrogen (secondary N) is 1. The number of amides is 1. The van der Waals surface area contributed by atoms with Crippen molar-refractivity contribution in [1.82, 2.24) is 20.1 Å². The van der Waals surface area contributed by atoms with Gasteiger partial charge in [0.05, 0.1) is 0 Å². The summed E-state index contributed by atoms with van der Waals surface area (Å²) in [5.41, 5.74) is 5.35. The molecule has 1 aromatic heterocycles. The lowest BCUT2D eigenvalue weighted by Gasteiger charge is -2.25. The number of carbonyl (C=O) groups is 1. The van der Waals surface area contributed by atoms with E-state index in [2.05, 4.69) is 15.4 Å². The fourth-order valence-corrected chi connectivity index (χ4v) is 1.79. The molecule has 88 valence electrons. The van der Waals surface area contributed by atoms with E-state index in [-0.39, 0.29) is 18.4 Å². The second-order valence-corrected chi connectivity index (χ2v) is 4.24. The van der Waals surface area contributed by atoms with Crippen molar-refractivity contribution in [2.45, 2.75) is 32.2 Å². The van der Waals surface area contributed by atoms with Crippen molar-refractivity contribution in [3.05, 3.63) is 6.33 Å². The Hall–Kier alpha value is -1.59. The summed E-state index contributed by atoms with van der Waals surface area (Å²) < 4.78 is 1.44. The molecule has 1 aromatic rings. The van der Waals surface area contributed by atoms with Gasteiger partial charge in [-0.05, 0) is 12.3 Å². The summed E-state index contributed by atoms with van der Waals surface area (Å²) in [6.07, 6.45) is 6.52. The van der Waals surface area contributed by atoms with Gasteiger partial charge in [0.1, 0.15) is 12.9 Å². The summed E-state index contributed by atoms with van der Waals surface area (Å²) >= 11 is 0. The van der Waals surface area contributed by atoms with E-state index in [4.69, 9.17) is 5.73 Å². The van der Waals surface area contributed by atoms with Crippen LogP contribution in [0, 0.1) is 5.92 Å². The molecule has 1 heterocycles. The molecule has 0 radical (unpaired) electrons. The van der Waals surface area contributed by atoms with Gasteiger partial charge in [0, 0.05) is 6.54 Å². The van der Waals surface area contributed by atoms with E-state index in [1.165, 1.54) is 30.3 Å². The molecule has 6 heteroatoms. The van der Waals surface area contributed by atoms with Crippen molar-refractivity contribution < 1.29 is 4.79 Å². The van der Waals surface area contributed by atoms with Crippen molar-refractivity contribution >= 4 is 11.9 Å². The van der Waals surface area contributed by atoms with Crippen LogP contribution in [0.15, 0.2) is 6.33 Å². The molecule has 2 rings (SSSR count). The van der Waals surface area contributed by atoms with Crippen LogP contribution in [-0.4, -0.2) is 27.2 Å². The number of nitrogens with two attached hydrogens (primary N) is 1. The smallest absolute Gasteiger partial charge is 0.241 e. The first-order valence-corrected chi connectivity index (χ1v) is 5.65. The van der Waals surface area contributed by atoms with Crippen LogP contribution in [0.1, 0.15) is 25.7 Å². The minimum Gasteiger partial charge on any atom is -0.367 e. The van der Waals surface area contributed by atoms with Crippen LogP contribution >= 0.6 is 0 Å². The minimum atomic E-state index is -0.0378. The fraction of sp³-hybridized carbons (Fsp3) is 0.700. The molecule has 1 aliphatic carbocycles. The number of carbonyl (C=O) groups excluding carboxylic acids is 1. The Morgan fingerprint density at radius 3 is 3.00 bits per heavy atom. The summed E-state index contributed by atoms with van der Waals surface area (Å²) in [5.74, 6) is 0.980. The highest BCUT2D eigenvalue weighted by Gasteiger charge is 2.16. The van der Waals surface area contributed by atoms with Gasteiger partial charge in [-0.15, -0.1) is 5.10 Å². The Labute approximate surface area is 94.2 Å². The van der Waals surface area contributed by atoms with Gasteiger partial charge in [0.15, 0.2) is 0 Å². The molecule has 0 aliphatic heterocycles. The predicted molar refractivity (Wildman–Crippen MR) is 59.4 cm³/mol. The second-order valence-electron chi connectivity index (χ2n) is 4.24. The molecule has 1 amide bonds. The van der Waals surface area contributed by atoms with Gasteiger partial charge in [-0.3, -0.25) is 4.79 Å². The molecule has 1 saturated carbocycles. The van der Waals surface area contributed by atoms with Gasteiger partial charge in [0.2, 0.25) is 11.9 Å². The van der Waals surface area contributed by atoms with E-state index in [1.54, 1.807) is 0 Å². The SMILES string of the molecule is Nc1ncn(CC(=O)NCCC2CCC2)n1. The van der Waals surface area contributed by atoms with Gasteiger partial charge in [-0.25, -0.2) is 9.67 Å². The van der Waals surface area contributed by atoms with Crippen LogP contribution in [0.25, 0.3) is 0 Å². The fourth-order valence-electron chi connectivity index (χ4n) is 1.79. The summed E-state index contributed by atoms with van der Waals surface area (Å²) in [4.78, 5) is 15.2. The third-order valence-electron chi connectivity index (χ3n) is 2.96. The molecule has 0 bridgehead atoms. The van der Waals surface area contributed by atoms with E-state index < -0.39 is 0 Å². The number of rotatable bonds is 5. The van der Waals surface area contributed by atoms with Gasteiger partial charge in [-0.2, -0.15) is 0 Å². The average molecular weight is 223 g/mol. The maximum atomic E-state index is 11.5. The summed E-state index contributed by atoms with van der Waals surface area (Å²) in [6, 6.07) is 0. The van der Waals surface area contributed by atoms with Gasteiger partial charge in [0.25, 0.3) is 0 Å². The van der Waals surface area contributed by atoms with Crippen LogP contribution in [0.2, 0.25) is 0 Å². The lowest BCUT2D eigenvalue weighted by atomic mass is 9.83. The zero-order valence-corrected chi connectivity index (χ0v) is 9.22. The summed E-state index contributed by atoms with van der Waals surface area (Å²) in [6.45, 7) is 0.947. The highest BCUT2D eigenvalue weighted by molar-refractivity contribution is 5.75. The molecule has 3 N–H and O–H groups in total. The number of aromatic nitrogens is 3. The van der Waals surface area contributed by atoms with Crippen LogP contribution in [0.4, 0.5) is 5.95 Å². The standard InChI is InChI=1S/C10H17N5O/c11-10-13-7-15(14-10)6-9(16)12-5-4-8-2-1-3-8/h7-8H,1-6H2,(H2,11,14)(H,12,16). The van der Waals surface area contributed by atoms with Crippen molar-refractivity contribution in [2.24, 2.45) is 5.92 Å². The van der Waals surface area contributed by atoms with Gasteiger partial charge < -0.3 is 11.1 Å². The molecular weight excluding hydrogens is 206 g/mol. The number of hydrogen-bond donors (Lipinski definition) is 2. The Kier molecular flexibility index (Phi) is 3.38. The maximum absolute atomic E-state index is 11.5. The summed E-state index contributed by atoms with van der Waals surface area (Å²) in [7, 11) is 0. The third-order valence-corrected chi connectivity index (χ3v) is 2.96. The van der Waals surface area contributed by atoms with Crippen LogP contribution in [-0.2, 0) is 11.3 Å². The van der Waals surface area contributed by atoms with E-state index in [9.17, 15) is 4.79 Å². The van der Waals surface area contributed by atoms with Crippen molar-refractivity contribution in [3.8, 4) is 0 Å². The maximum Gasteiger partial charge on any atom is 0.241 e. The Morgan fingerprint density at radius 1 is 1.62 bits per heavy atom. The molecule has 0 saturated heterocycles. The van der Waals surface area contributed by atoms with Gasteiger partial charge >= 0.3 is 0 Å². The molecule has 1 fully saturated rings. The minimum absolute atomic E-state index is 0.0378. The highest BCUT2D eigenvalue weighted by atomic mass is 16.2. The average Bonchev–Trinajstić information content (AvgIpc) is 2.56. The van der Waals surface area contributed by atoms with E-state index in [1.807, 2.05) is 0 Å². The topological polar surface area (TPSA) is 85.8 Å². The van der Waals surface area contributed by atoms with Crippen molar-refractivity contribution in [2.75, 3.05) is 12.3 Å². The molecular formula is C10H17N5O. The van der Waals surface area contributed by atoms with Crippen LogP contribution in [0.3, 0.4) is 0 Å². The number of nitrogens with zero attached hydrogens (tertiary/aromatic N) is 3. The van der Waals surface area contributed by atoms with E-state index in [0.717, 1.165) is 18.9 Å². The molecule has 0 atom stereocenters. The molecule has 0 aromatic carbocycles. The predicted octanol–water partition coefficient (Wildman–Crippen LogP) is 0.167. The first-order chi connectivity index (χ1) is 7.74. The lowest BCUT2D eigenvalue weighted by molar-refractivity contribution is -0.121. The van der Waals surface area contributed by atoms with Crippen LogP contribution in [0.5, 0.6) is 0 Å². The molecule has 1 aliphatic rings. The zero-order chi connectivity index (χ0) is 11.4. The highest BCUT2D eigenvalue weighted by Crippen LogP contribution is 2.28. The Morgan fingerprint density at radius 2 is 2.44 bits per heavy atom. The second kappa shape index (κ2) is 4.96. The normalized spacial score (nSPS) is 15.8. The Balaban J connectivity index is 1.63. The lowest BCUT2D eigenvalue weighted by Crippen LogP contribution is -2.30. The zero-order valence-electron chi connectivity index (χ0n) is 9.22.